The molecule has 6 heteroatoms. The van der Waals surface area contributed by atoms with Crippen molar-refractivity contribution in [1.29, 1.82) is 0 Å². The van der Waals surface area contributed by atoms with Gasteiger partial charge >= 0.3 is 0 Å². The van der Waals surface area contributed by atoms with Crippen molar-refractivity contribution in [2.75, 3.05) is 23.7 Å². The van der Waals surface area contributed by atoms with Gasteiger partial charge in [-0.2, -0.15) is 0 Å². The van der Waals surface area contributed by atoms with Gasteiger partial charge in [0.2, 0.25) is 15.9 Å². The third kappa shape index (κ3) is 4.32. The molecule has 1 aromatic carbocycles. The highest BCUT2D eigenvalue weighted by atomic mass is 32.2. The summed E-state index contributed by atoms with van der Waals surface area (Å²) in [6, 6.07) is 8.02. The lowest BCUT2D eigenvalue weighted by Gasteiger charge is -2.57. The van der Waals surface area contributed by atoms with Crippen LogP contribution in [0.5, 0.6) is 0 Å². The molecular formula is C23H34N2O3S. The summed E-state index contributed by atoms with van der Waals surface area (Å²) < 4.78 is 25.9. The van der Waals surface area contributed by atoms with Gasteiger partial charge in [0, 0.05) is 6.54 Å². The number of anilines is 1. The minimum atomic E-state index is -3.54. The first-order valence-electron chi connectivity index (χ1n) is 11.0. The van der Waals surface area contributed by atoms with E-state index in [9.17, 15) is 13.2 Å². The Bertz CT molecular complexity index is 825. The van der Waals surface area contributed by atoms with E-state index in [0.717, 1.165) is 24.0 Å². The van der Waals surface area contributed by atoms with Crippen molar-refractivity contribution >= 4 is 21.6 Å². The number of nitrogens with one attached hydrogen (secondary N) is 1. The van der Waals surface area contributed by atoms with Crippen LogP contribution in [0, 0.1) is 23.7 Å². The van der Waals surface area contributed by atoms with E-state index in [1.165, 1.54) is 48.4 Å². The zero-order valence-electron chi connectivity index (χ0n) is 17.9. The molecule has 0 atom stereocenters. The number of rotatable bonds is 7. The maximum absolute atomic E-state index is 12.4. The summed E-state index contributed by atoms with van der Waals surface area (Å²) in [5.41, 5.74) is 2.22. The van der Waals surface area contributed by atoms with Crippen molar-refractivity contribution in [2.24, 2.45) is 23.7 Å². The first kappa shape index (κ1) is 20.7. The molecule has 1 N–H and O–H groups in total. The fourth-order valence-electron chi connectivity index (χ4n) is 6.35. The molecule has 0 radical (unpaired) electrons. The molecule has 4 bridgehead atoms. The lowest BCUT2D eigenvalue weighted by molar-refractivity contribution is -0.119. The van der Waals surface area contributed by atoms with Crippen LogP contribution in [-0.2, 0) is 20.2 Å². The summed E-state index contributed by atoms with van der Waals surface area (Å²) in [4.78, 5) is 12.3. The first-order chi connectivity index (χ1) is 13.6. The molecule has 0 saturated heterocycles. The topological polar surface area (TPSA) is 66.5 Å². The van der Waals surface area contributed by atoms with Crippen molar-refractivity contribution in [1.82, 2.24) is 5.32 Å². The highest BCUT2D eigenvalue weighted by Gasteiger charge is 2.51. The van der Waals surface area contributed by atoms with E-state index in [-0.39, 0.29) is 17.9 Å². The lowest BCUT2D eigenvalue weighted by Crippen LogP contribution is -2.48. The average Bonchev–Trinajstić information content (AvgIpc) is 2.62. The molecule has 29 heavy (non-hydrogen) atoms. The largest absolute Gasteiger partial charge is 0.354 e. The molecule has 5 rings (SSSR count). The Kier molecular flexibility index (Phi) is 5.43. The van der Waals surface area contributed by atoms with Crippen LogP contribution in [0.4, 0.5) is 5.69 Å². The van der Waals surface area contributed by atoms with Gasteiger partial charge in [-0.1, -0.05) is 26.0 Å². The molecule has 1 aromatic rings. The van der Waals surface area contributed by atoms with Crippen molar-refractivity contribution < 1.29 is 13.2 Å². The second-order valence-corrected chi connectivity index (χ2v) is 12.1. The van der Waals surface area contributed by atoms with E-state index >= 15 is 0 Å². The summed E-state index contributed by atoms with van der Waals surface area (Å²) in [7, 11) is -3.54. The molecule has 0 spiro atoms. The number of nitrogens with zero attached hydrogens (tertiary/aromatic N) is 1. The fourth-order valence-corrected chi connectivity index (χ4v) is 7.21. The molecule has 1 amide bonds. The van der Waals surface area contributed by atoms with Gasteiger partial charge in [0.15, 0.2) is 0 Å². The van der Waals surface area contributed by atoms with Crippen LogP contribution in [0.1, 0.15) is 57.9 Å². The van der Waals surface area contributed by atoms with Gasteiger partial charge in [-0.15, -0.1) is 0 Å². The maximum atomic E-state index is 12.4. The van der Waals surface area contributed by atoms with Crippen molar-refractivity contribution in [3.8, 4) is 0 Å². The van der Waals surface area contributed by atoms with Gasteiger partial charge < -0.3 is 5.32 Å². The van der Waals surface area contributed by atoms with E-state index in [1.807, 2.05) is 26.0 Å². The van der Waals surface area contributed by atoms with Gasteiger partial charge in [-0.3, -0.25) is 9.10 Å². The number of hydrogen-bond acceptors (Lipinski definition) is 3. The molecule has 4 aliphatic carbocycles. The lowest BCUT2D eigenvalue weighted by atomic mass is 9.48. The molecule has 0 aromatic heterocycles. The highest BCUT2D eigenvalue weighted by molar-refractivity contribution is 7.92. The zero-order chi connectivity index (χ0) is 20.8. The third-order valence-corrected chi connectivity index (χ3v) is 8.34. The standard InChI is InChI=1S/C23H34N2O3S/c1-16(2)14-24-22(26)15-25(29(3,27)28)21-6-4-20(5-7-21)23-11-17-8-18(12-23)10-19(9-17)13-23/h4-7,16-19H,8-15H2,1-3H3,(H,24,26). The van der Waals surface area contributed by atoms with Gasteiger partial charge in [0.25, 0.3) is 0 Å². The summed E-state index contributed by atoms with van der Waals surface area (Å²) in [6.07, 6.45) is 9.24. The van der Waals surface area contributed by atoms with Crippen molar-refractivity contribution in [3.05, 3.63) is 29.8 Å². The minimum absolute atomic E-state index is 0.178. The highest BCUT2D eigenvalue weighted by Crippen LogP contribution is 2.60. The molecule has 4 aliphatic rings. The monoisotopic (exact) mass is 418 g/mol. The van der Waals surface area contributed by atoms with Gasteiger partial charge in [0.1, 0.15) is 6.54 Å². The van der Waals surface area contributed by atoms with Crippen molar-refractivity contribution in [3.63, 3.8) is 0 Å². The normalized spacial score (nSPS) is 30.6. The van der Waals surface area contributed by atoms with Crippen LogP contribution in [-0.4, -0.2) is 33.7 Å². The quantitative estimate of drug-likeness (QED) is 0.734. The predicted molar refractivity (Wildman–Crippen MR) is 116 cm³/mol. The Labute approximate surface area is 175 Å². The fraction of sp³-hybridized carbons (Fsp3) is 0.696. The van der Waals surface area contributed by atoms with Gasteiger partial charge in [-0.25, -0.2) is 8.42 Å². The molecule has 5 nitrogen and oxygen atoms in total. The Morgan fingerprint density at radius 2 is 1.59 bits per heavy atom. The maximum Gasteiger partial charge on any atom is 0.240 e. The first-order valence-corrected chi connectivity index (χ1v) is 12.8. The smallest absolute Gasteiger partial charge is 0.240 e. The molecule has 160 valence electrons. The molecular weight excluding hydrogens is 384 g/mol. The van der Waals surface area contributed by atoms with Crippen LogP contribution < -0.4 is 9.62 Å². The second-order valence-electron chi connectivity index (χ2n) is 10.2. The molecule has 4 fully saturated rings. The zero-order valence-corrected chi connectivity index (χ0v) is 18.7. The summed E-state index contributed by atoms with van der Waals surface area (Å²) >= 11 is 0. The third-order valence-electron chi connectivity index (χ3n) is 7.20. The number of benzene rings is 1. The number of hydrogen-bond donors (Lipinski definition) is 1. The Morgan fingerprint density at radius 1 is 1.07 bits per heavy atom. The number of carbonyl (C=O) groups is 1. The average molecular weight is 419 g/mol. The number of sulfonamides is 1. The SMILES string of the molecule is CC(C)CNC(=O)CN(c1ccc(C23CC4CC(CC(C4)C2)C3)cc1)S(C)(=O)=O. The molecule has 0 aliphatic heterocycles. The number of carbonyl (C=O) groups excluding carboxylic acids is 1. The van der Waals surface area contributed by atoms with Gasteiger partial charge in [-0.05, 0) is 85.3 Å². The van der Waals surface area contributed by atoms with Crippen LogP contribution in [0.15, 0.2) is 24.3 Å². The van der Waals surface area contributed by atoms with Crippen molar-refractivity contribution in [2.45, 2.75) is 57.8 Å². The Hall–Kier alpha value is -1.56. The van der Waals surface area contributed by atoms with E-state index in [0.29, 0.717) is 18.2 Å². The van der Waals surface area contributed by atoms with Crippen LogP contribution >= 0.6 is 0 Å². The minimum Gasteiger partial charge on any atom is -0.354 e. The van der Waals surface area contributed by atoms with E-state index < -0.39 is 10.0 Å². The molecule has 0 heterocycles. The van der Waals surface area contributed by atoms with Gasteiger partial charge in [0.05, 0.1) is 11.9 Å². The summed E-state index contributed by atoms with van der Waals surface area (Å²) in [5.74, 6) is 2.67. The number of amides is 1. The Morgan fingerprint density at radius 3 is 2.03 bits per heavy atom. The predicted octanol–water partition coefficient (Wildman–Crippen LogP) is 3.69. The summed E-state index contributed by atoms with van der Waals surface area (Å²) in [5, 5.41) is 2.81. The van der Waals surface area contributed by atoms with E-state index in [2.05, 4.69) is 17.4 Å². The van der Waals surface area contributed by atoms with E-state index in [1.54, 1.807) is 0 Å². The van der Waals surface area contributed by atoms with Crippen LogP contribution in [0.3, 0.4) is 0 Å². The van der Waals surface area contributed by atoms with Crippen LogP contribution in [0.25, 0.3) is 0 Å². The van der Waals surface area contributed by atoms with E-state index in [4.69, 9.17) is 0 Å². The molecule has 0 unspecified atom stereocenters. The molecule has 4 saturated carbocycles. The second kappa shape index (κ2) is 7.60. The van der Waals surface area contributed by atoms with Crippen LogP contribution in [0.2, 0.25) is 0 Å². The Balaban J connectivity index is 1.53. The summed E-state index contributed by atoms with van der Waals surface area (Å²) in [6.45, 7) is 4.39.